The Morgan fingerprint density at radius 1 is 1.25 bits per heavy atom. The Kier molecular flexibility index (Phi) is 5.00. The zero-order chi connectivity index (χ0) is 17.1. The number of benzene rings is 1. The lowest BCUT2D eigenvalue weighted by Crippen LogP contribution is -1.97. The second-order valence-electron chi connectivity index (χ2n) is 6.42. The molecule has 0 unspecified atom stereocenters. The highest BCUT2D eigenvalue weighted by molar-refractivity contribution is 6.15. The summed E-state index contributed by atoms with van der Waals surface area (Å²) in [6.45, 7) is 5.18. The fraction of sp³-hybridized carbons (Fsp3) is 0.381. The largest absolute Gasteiger partial charge is 0.396 e. The van der Waals surface area contributed by atoms with E-state index in [0.29, 0.717) is 6.42 Å². The first kappa shape index (κ1) is 16.7. The molecule has 0 atom stereocenters. The van der Waals surface area contributed by atoms with Gasteiger partial charge in [0.15, 0.2) is 5.78 Å². The molecule has 0 spiro atoms. The van der Waals surface area contributed by atoms with Crippen LogP contribution in [0.4, 0.5) is 0 Å². The molecule has 1 aliphatic rings. The standard InChI is InChI=1S/C21H25NO2/c1-3-8-16-13-20(24)15(2)21(16)18-14-22(11-6-7-12-23)19-10-5-4-9-17(18)19/h4-5,8-10,14,23H,3,6-7,11-13H2,1-2H3/b16-8+. The second-order valence-corrected chi connectivity index (χ2v) is 6.42. The SMILES string of the molecule is CC/C=C1\CC(=O)C(C)=C1c1cn(CCCCO)c2ccccc12. The topological polar surface area (TPSA) is 42.2 Å². The van der Waals surface area contributed by atoms with Crippen LogP contribution < -0.4 is 0 Å². The highest BCUT2D eigenvalue weighted by Gasteiger charge is 2.27. The molecule has 0 bridgehead atoms. The van der Waals surface area contributed by atoms with E-state index in [4.69, 9.17) is 5.11 Å². The third-order valence-corrected chi connectivity index (χ3v) is 4.78. The number of hydrogen-bond acceptors (Lipinski definition) is 2. The number of nitrogens with zero attached hydrogens (tertiary/aromatic N) is 1. The summed E-state index contributed by atoms with van der Waals surface area (Å²) in [5.41, 5.74) is 5.53. The first-order valence-electron chi connectivity index (χ1n) is 8.80. The number of aryl methyl sites for hydroxylation is 1. The third-order valence-electron chi connectivity index (χ3n) is 4.78. The Bertz CT molecular complexity index is 823. The molecule has 0 fully saturated rings. The fourth-order valence-corrected chi connectivity index (χ4v) is 3.59. The Balaban J connectivity index is 2.12. The van der Waals surface area contributed by atoms with E-state index in [9.17, 15) is 4.79 Å². The van der Waals surface area contributed by atoms with E-state index in [1.165, 1.54) is 16.5 Å². The van der Waals surface area contributed by atoms with Crippen molar-refractivity contribution in [1.82, 2.24) is 4.57 Å². The number of para-hydroxylation sites is 1. The van der Waals surface area contributed by atoms with E-state index in [2.05, 4.69) is 48.0 Å². The number of fused-ring (bicyclic) bond motifs is 1. The number of Topliss-reactive ketones (excluding diaryl/α,β-unsaturated/α-hetero) is 1. The van der Waals surface area contributed by atoms with Gasteiger partial charge in [-0.05, 0) is 43.4 Å². The van der Waals surface area contributed by atoms with Crippen molar-refractivity contribution in [2.24, 2.45) is 0 Å². The van der Waals surface area contributed by atoms with Crippen LogP contribution in [0.3, 0.4) is 0 Å². The van der Waals surface area contributed by atoms with Gasteiger partial charge in [0.25, 0.3) is 0 Å². The predicted molar refractivity (Wildman–Crippen MR) is 98.8 cm³/mol. The van der Waals surface area contributed by atoms with Crippen LogP contribution >= 0.6 is 0 Å². The zero-order valence-corrected chi connectivity index (χ0v) is 14.5. The van der Waals surface area contributed by atoms with Gasteiger partial charge in [0.05, 0.1) is 0 Å². The molecule has 1 N–H and O–H groups in total. The lowest BCUT2D eigenvalue weighted by Gasteiger charge is -2.05. The smallest absolute Gasteiger partial charge is 0.163 e. The molecule has 1 aromatic carbocycles. The van der Waals surface area contributed by atoms with Crippen molar-refractivity contribution in [1.29, 1.82) is 0 Å². The lowest BCUT2D eigenvalue weighted by molar-refractivity contribution is -0.114. The van der Waals surface area contributed by atoms with Crippen molar-refractivity contribution >= 4 is 22.3 Å². The quantitative estimate of drug-likeness (QED) is 0.796. The number of aliphatic hydroxyl groups excluding tert-OH is 1. The molecule has 2 aromatic rings. The molecule has 0 saturated carbocycles. The van der Waals surface area contributed by atoms with Crippen LogP contribution in [0.1, 0.15) is 45.1 Å². The highest BCUT2D eigenvalue weighted by atomic mass is 16.2. The minimum Gasteiger partial charge on any atom is -0.396 e. The fourth-order valence-electron chi connectivity index (χ4n) is 3.59. The number of aromatic nitrogens is 1. The van der Waals surface area contributed by atoms with Gasteiger partial charge in [-0.25, -0.2) is 0 Å². The average Bonchev–Trinajstić information content (AvgIpc) is 3.07. The van der Waals surface area contributed by atoms with E-state index in [0.717, 1.165) is 42.5 Å². The van der Waals surface area contributed by atoms with Gasteiger partial charge in [-0.3, -0.25) is 4.79 Å². The Morgan fingerprint density at radius 3 is 2.79 bits per heavy atom. The summed E-state index contributed by atoms with van der Waals surface area (Å²) in [5.74, 6) is 0.238. The summed E-state index contributed by atoms with van der Waals surface area (Å²) in [6, 6.07) is 8.38. The summed E-state index contributed by atoms with van der Waals surface area (Å²) >= 11 is 0. The van der Waals surface area contributed by atoms with Gasteiger partial charge in [0.1, 0.15) is 0 Å². The van der Waals surface area contributed by atoms with Crippen molar-refractivity contribution in [2.75, 3.05) is 6.61 Å². The molecular weight excluding hydrogens is 298 g/mol. The molecule has 0 amide bonds. The van der Waals surface area contributed by atoms with Crippen LogP contribution in [-0.2, 0) is 11.3 Å². The molecule has 1 aliphatic carbocycles. The molecule has 126 valence electrons. The summed E-state index contributed by atoms with van der Waals surface area (Å²) in [7, 11) is 0. The lowest BCUT2D eigenvalue weighted by atomic mass is 9.97. The van der Waals surface area contributed by atoms with Crippen molar-refractivity contribution in [3.63, 3.8) is 0 Å². The molecular formula is C21H25NO2. The van der Waals surface area contributed by atoms with Crippen LogP contribution in [0.5, 0.6) is 0 Å². The molecule has 3 heteroatoms. The number of aliphatic hydroxyl groups is 1. The van der Waals surface area contributed by atoms with Crippen LogP contribution in [0.15, 0.2) is 47.7 Å². The molecule has 24 heavy (non-hydrogen) atoms. The van der Waals surface area contributed by atoms with Gasteiger partial charge in [-0.15, -0.1) is 0 Å². The second kappa shape index (κ2) is 7.18. The van der Waals surface area contributed by atoms with Gasteiger partial charge >= 0.3 is 0 Å². The van der Waals surface area contributed by atoms with E-state index in [1.807, 2.05) is 6.92 Å². The van der Waals surface area contributed by atoms with Crippen LogP contribution in [-0.4, -0.2) is 22.1 Å². The third kappa shape index (κ3) is 2.96. The Hall–Kier alpha value is -2.13. The van der Waals surface area contributed by atoms with E-state index >= 15 is 0 Å². The first-order chi connectivity index (χ1) is 11.7. The van der Waals surface area contributed by atoms with Crippen molar-refractivity contribution in [3.05, 3.63) is 53.2 Å². The normalized spacial score (nSPS) is 16.8. The van der Waals surface area contributed by atoms with Crippen LogP contribution in [0.2, 0.25) is 0 Å². The molecule has 1 heterocycles. The van der Waals surface area contributed by atoms with Gasteiger partial charge in [0.2, 0.25) is 0 Å². The van der Waals surface area contributed by atoms with E-state index in [1.54, 1.807) is 0 Å². The highest BCUT2D eigenvalue weighted by Crippen LogP contribution is 2.40. The number of allylic oxidation sites excluding steroid dienone is 4. The number of unbranched alkanes of at least 4 members (excludes halogenated alkanes) is 1. The minimum atomic E-state index is 0.230. The summed E-state index contributed by atoms with van der Waals surface area (Å²) in [5, 5.41) is 10.2. The molecule has 0 saturated heterocycles. The minimum absolute atomic E-state index is 0.230. The molecule has 3 rings (SSSR count). The first-order valence-corrected chi connectivity index (χ1v) is 8.80. The maximum Gasteiger partial charge on any atom is 0.163 e. The number of carbonyl (C=O) groups excluding carboxylic acids is 1. The predicted octanol–water partition coefficient (Wildman–Crippen LogP) is 4.50. The maximum atomic E-state index is 12.3. The number of ketones is 1. The molecule has 0 radical (unpaired) electrons. The number of carbonyl (C=O) groups is 1. The van der Waals surface area contributed by atoms with Gasteiger partial charge < -0.3 is 9.67 Å². The molecule has 3 nitrogen and oxygen atoms in total. The Labute approximate surface area is 143 Å². The maximum absolute atomic E-state index is 12.3. The van der Waals surface area contributed by atoms with E-state index < -0.39 is 0 Å². The van der Waals surface area contributed by atoms with E-state index in [-0.39, 0.29) is 12.4 Å². The van der Waals surface area contributed by atoms with Gasteiger partial charge in [0, 0.05) is 47.8 Å². The van der Waals surface area contributed by atoms with Crippen molar-refractivity contribution < 1.29 is 9.90 Å². The zero-order valence-electron chi connectivity index (χ0n) is 14.5. The molecule has 1 aromatic heterocycles. The summed E-state index contributed by atoms with van der Waals surface area (Å²) in [4.78, 5) is 12.3. The van der Waals surface area contributed by atoms with Gasteiger partial charge in [-0.2, -0.15) is 0 Å². The summed E-state index contributed by atoms with van der Waals surface area (Å²) < 4.78 is 2.26. The number of rotatable bonds is 6. The van der Waals surface area contributed by atoms with Crippen molar-refractivity contribution in [2.45, 2.75) is 46.1 Å². The monoisotopic (exact) mass is 323 g/mol. The summed E-state index contributed by atoms with van der Waals surface area (Å²) in [6.07, 6.45) is 7.59. The Morgan fingerprint density at radius 2 is 2.04 bits per heavy atom. The number of hydrogen-bond donors (Lipinski definition) is 1. The molecule has 0 aliphatic heterocycles. The van der Waals surface area contributed by atoms with Crippen molar-refractivity contribution in [3.8, 4) is 0 Å². The van der Waals surface area contributed by atoms with Crippen LogP contribution in [0.25, 0.3) is 16.5 Å². The van der Waals surface area contributed by atoms with Gasteiger partial charge in [-0.1, -0.05) is 31.2 Å². The van der Waals surface area contributed by atoms with Crippen LogP contribution in [0, 0.1) is 0 Å². The average molecular weight is 323 g/mol.